The van der Waals surface area contributed by atoms with E-state index in [1.54, 1.807) is 39.0 Å². The standard InChI is InChI=1S/C32H43N3O6.C16H16O.C2H6/c1-32(2,3)41-29(36)14-13-28(30(33)37)35-22-24-20-26(11-12-27(24)31(35)38)39-18-15-23-8-7-16-34(21-23)17-19-40-25-9-5-4-6-10-25;17-16-9-8-14-10-13(6-7-15(14)11-16)12-4-2-1-3-5-12;1-2/h4-6,9-12,20,23,28H,7-8,13-19,21-22H2,1-3H3,(H2,33,37);1-5,8-9,11,13,17H,6-7,10H2;1-2H3/t23?,28-;13-;/m01./s1. The van der Waals surface area contributed by atoms with E-state index < -0.39 is 23.5 Å². The summed E-state index contributed by atoms with van der Waals surface area (Å²) in [5.74, 6) is 1.86. The van der Waals surface area contributed by atoms with Crippen LogP contribution in [0.4, 0.5) is 0 Å². The van der Waals surface area contributed by atoms with Crippen molar-refractivity contribution in [1.29, 1.82) is 0 Å². The van der Waals surface area contributed by atoms with Crippen molar-refractivity contribution in [2.24, 2.45) is 11.7 Å². The summed E-state index contributed by atoms with van der Waals surface area (Å²) in [6.07, 6.45) is 6.77. The molecule has 60 heavy (non-hydrogen) atoms. The number of para-hydroxylation sites is 1. The number of esters is 1. The molecule has 3 atom stereocenters. The number of hydrogen-bond donors (Lipinski definition) is 2. The number of nitrogens with two attached hydrogens (primary N) is 1. The number of nitrogens with zero attached hydrogens (tertiary/aromatic N) is 2. The summed E-state index contributed by atoms with van der Waals surface area (Å²) < 4.78 is 17.3. The molecule has 1 saturated heterocycles. The molecule has 0 saturated carbocycles. The van der Waals surface area contributed by atoms with Crippen molar-refractivity contribution in [3.8, 4) is 17.2 Å². The topological polar surface area (TPSA) is 132 Å². The summed E-state index contributed by atoms with van der Waals surface area (Å²) in [7, 11) is 0. The highest BCUT2D eigenvalue weighted by Gasteiger charge is 2.36. The van der Waals surface area contributed by atoms with Gasteiger partial charge in [0.2, 0.25) is 5.91 Å². The number of piperidine rings is 1. The summed E-state index contributed by atoms with van der Waals surface area (Å²) in [5, 5.41) is 9.47. The minimum absolute atomic E-state index is 0.00198. The Hall–Kier alpha value is -5.35. The van der Waals surface area contributed by atoms with Crippen LogP contribution >= 0.6 is 0 Å². The van der Waals surface area contributed by atoms with Crippen LogP contribution in [0.25, 0.3) is 0 Å². The van der Waals surface area contributed by atoms with Gasteiger partial charge in [0.25, 0.3) is 5.91 Å². The maximum atomic E-state index is 13.1. The van der Waals surface area contributed by atoms with Crippen molar-refractivity contribution in [1.82, 2.24) is 9.80 Å². The number of ether oxygens (including phenoxy) is 3. The molecule has 4 aromatic carbocycles. The molecule has 2 heterocycles. The molecule has 1 unspecified atom stereocenters. The lowest BCUT2D eigenvalue weighted by Crippen LogP contribution is -2.45. The van der Waals surface area contributed by atoms with Gasteiger partial charge < -0.3 is 30.0 Å². The molecule has 3 aliphatic rings. The van der Waals surface area contributed by atoms with Gasteiger partial charge in [-0.25, -0.2) is 0 Å². The van der Waals surface area contributed by atoms with Crippen LogP contribution in [0.15, 0.2) is 97.1 Å². The van der Waals surface area contributed by atoms with Crippen LogP contribution in [0.2, 0.25) is 0 Å². The highest BCUT2D eigenvalue weighted by atomic mass is 16.6. The van der Waals surface area contributed by atoms with Crippen LogP contribution in [-0.4, -0.2) is 77.2 Å². The summed E-state index contributed by atoms with van der Waals surface area (Å²) in [5.41, 5.74) is 10.5. The molecule has 1 fully saturated rings. The number of phenolic OH excluding ortho intramolecular Hbond substituents is 1. The van der Waals surface area contributed by atoms with Crippen molar-refractivity contribution in [2.75, 3.05) is 32.8 Å². The zero-order chi connectivity index (χ0) is 43.1. The number of primary amides is 1. The smallest absolute Gasteiger partial charge is 0.306 e. The third-order valence-electron chi connectivity index (χ3n) is 11.2. The Kier molecular flexibility index (Phi) is 17.0. The Balaban J connectivity index is 0.000000296. The van der Waals surface area contributed by atoms with Crippen molar-refractivity contribution < 1.29 is 33.7 Å². The molecule has 2 amide bonds. The predicted molar refractivity (Wildman–Crippen MR) is 236 cm³/mol. The number of carbonyl (C=O) groups excluding carboxylic acids is 3. The number of hydrogen-bond acceptors (Lipinski definition) is 8. The Morgan fingerprint density at radius 1 is 0.850 bits per heavy atom. The Bertz CT molecular complexity index is 1980. The molecular weight excluding hydrogens is 755 g/mol. The van der Waals surface area contributed by atoms with E-state index in [1.165, 1.54) is 40.9 Å². The molecular formula is C50H65N3O7. The second-order valence-electron chi connectivity index (χ2n) is 16.7. The normalized spacial score (nSPS) is 17.8. The van der Waals surface area contributed by atoms with Gasteiger partial charge >= 0.3 is 5.97 Å². The predicted octanol–water partition coefficient (Wildman–Crippen LogP) is 8.87. The van der Waals surface area contributed by atoms with Crippen LogP contribution in [0.5, 0.6) is 17.2 Å². The largest absolute Gasteiger partial charge is 0.508 e. The van der Waals surface area contributed by atoms with Crippen LogP contribution in [-0.2, 0) is 33.7 Å². The van der Waals surface area contributed by atoms with Gasteiger partial charge in [-0.2, -0.15) is 0 Å². The number of aryl methyl sites for hydroxylation is 1. The zero-order valence-electron chi connectivity index (χ0n) is 36.2. The van der Waals surface area contributed by atoms with Gasteiger partial charge in [-0.15, -0.1) is 0 Å². The molecule has 1 aliphatic carbocycles. The summed E-state index contributed by atoms with van der Waals surface area (Å²) in [6, 6.07) is 30.9. The SMILES string of the molecule is CC.CC(C)(C)OC(=O)CC[C@@H](C(N)=O)N1Cc2cc(OCCC3CCCN(CCOc4ccccc4)C3)ccc2C1=O.Oc1ccc2c(c1)CC[C@@H](c1ccccc1)C2. The van der Waals surface area contributed by atoms with Gasteiger partial charge in [0.05, 0.1) is 6.61 Å². The Morgan fingerprint density at radius 3 is 2.28 bits per heavy atom. The molecule has 2 aliphatic heterocycles. The number of aromatic hydroxyl groups is 1. The van der Waals surface area contributed by atoms with Gasteiger partial charge in [-0.05, 0) is 149 Å². The number of fused-ring (bicyclic) bond motifs is 2. The molecule has 0 radical (unpaired) electrons. The number of likely N-dealkylation sites (tertiary alicyclic amines) is 1. The van der Waals surface area contributed by atoms with Crippen molar-refractivity contribution in [2.45, 2.75) is 110 Å². The summed E-state index contributed by atoms with van der Waals surface area (Å²) in [4.78, 5) is 41.4. The average molecular weight is 820 g/mol. The summed E-state index contributed by atoms with van der Waals surface area (Å²) in [6.45, 7) is 13.9. The van der Waals surface area contributed by atoms with E-state index in [1.807, 2.05) is 56.3 Å². The van der Waals surface area contributed by atoms with Crippen LogP contribution in [0.1, 0.15) is 112 Å². The lowest BCUT2D eigenvalue weighted by Gasteiger charge is -2.32. The van der Waals surface area contributed by atoms with Gasteiger partial charge in [-0.3, -0.25) is 19.3 Å². The third-order valence-corrected chi connectivity index (χ3v) is 11.2. The fourth-order valence-corrected chi connectivity index (χ4v) is 8.25. The molecule has 10 nitrogen and oxygen atoms in total. The average Bonchev–Trinajstić information content (AvgIpc) is 3.56. The van der Waals surface area contributed by atoms with Crippen molar-refractivity contribution in [3.63, 3.8) is 0 Å². The molecule has 0 aromatic heterocycles. The molecule has 0 bridgehead atoms. The first kappa shape index (κ1) is 45.7. The fraction of sp³-hybridized carbons (Fsp3) is 0.460. The lowest BCUT2D eigenvalue weighted by molar-refractivity contribution is -0.155. The van der Waals surface area contributed by atoms with Gasteiger partial charge in [0, 0.05) is 31.6 Å². The molecule has 3 N–H and O–H groups in total. The molecule has 0 spiro atoms. The quantitative estimate of drug-likeness (QED) is 0.121. The van der Waals surface area contributed by atoms with E-state index >= 15 is 0 Å². The number of benzene rings is 4. The molecule has 322 valence electrons. The van der Waals surface area contributed by atoms with E-state index in [0.717, 1.165) is 50.2 Å². The minimum atomic E-state index is -0.890. The Morgan fingerprint density at radius 2 is 1.57 bits per heavy atom. The molecule has 7 rings (SSSR count). The number of rotatable bonds is 14. The first-order valence-corrected chi connectivity index (χ1v) is 21.8. The first-order valence-electron chi connectivity index (χ1n) is 21.8. The highest BCUT2D eigenvalue weighted by Crippen LogP contribution is 2.34. The van der Waals surface area contributed by atoms with E-state index in [2.05, 4.69) is 41.3 Å². The second kappa shape index (κ2) is 22.3. The zero-order valence-corrected chi connectivity index (χ0v) is 36.2. The van der Waals surface area contributed by atoms with Gasteiger partial charge in [0.1, 0.15) is 35.5 Å². The molecule has 4 aromatic rings. The fourth-order valence-electron chi connectivity index (χ4n) is 8.25. The van der Waals surface area contributed by atoms with E-state index in [-0.39, 0.29) is 25.3 Å². The van der Waals surface area contributed by atoms with Crippen LogP contribution in [0.3, 0.4) is 0 Å². The maximum Gasteiger partial charge on any atom is 0.306 e. The van der Waals surface area contributed by atoms with Crippen molar-refractivity contribution >= 4 is 17.8 Å². The van der Waals surface area contributed by atoms with Crippen molar-refractivity contribution in [3.05, 3.63) is 125 Å². The highest BCUT2D eigenvalue weighted by molar-refractivity contribution is 6.01. The number of carbonyl (C=O) groups is 3. The van der Waals surface area contributed by atoms with Crippen LogP contribution in [0, 0.1) is 5.92 Å². The second-order valence-corrected chi connectivity index (χ2v) is 16.7. The third kappa shape index (κ3) is 13.6. The lowest BCUT2D eigenvalue weighted by atomic mass is 9.80. The van der Waals surface area contributed by atoms with Crippen LogP contribution < -0.4 is 15.2 Å². The van der Waals surface area contributed by atoms with E-state index in [4.69, 9.17) is 19.9 Å². The van der Waals surface area contributed by atoms with Gasteiger partial charge in [0.15, 0.2) is 0 Å². The monoisotopic (exact) mass is 819 g/mol. The van der Waals surface area contributed by atoms with Gasteiger partial charge in [-0.1, -0.05) is 68.4 Å². The van der Waals surface area contributed by atoms with E-state index in [9.17, 15) is 19.5 Å². The minimum Gasteiger partial charge on any atom is -0.508 e. The maximum absolute atomic E-state index is 13.1. The Labute approximate surface area is 357 Å². The van der Waals surface area contributed by atoms with E-state index in [0.29, 0.717) is 42.1 Å². The number of amides is 2. The molecule has 10 heteroatoms. The summed E-state index contributed by atoms with van der Waals surface area (Å²) >= 11 is 0. The first-order chi connectivity index (χ1) is 28.9. The number of phenols is 1.